The first-order valence-electron chi connectivity index (χ1n) is 7.12. The second-order valence-electron chi connectivity index (χ2n) is 5.73. The molecule has 4 rings (SSSR count). The summed E-state index contributed by atoms with van der Waals surface area (Å²) in [4.78, 5) is 19.6. The highest BCUT2D eigenvalue weighted by atomic mass is 35.5. The Morgan fingerprint density at radius 1 is 1.38 bits per heavy atom. The van der Waals surface area contributed by atoms with Crippen LogP contribution in [0.3, 0.4) is 0 Å². The molecule has 0 spiro atoms. The van der Waals surface area contributed by atoms with Gasteiger partial charge in [0.05, 0.1) is 19.2 Å². The van der Waals surface area contributed by atoms with Gasteiger partial charge in [0.15, 0.2) is 11.6 Å². The summed E-state index contributed by atoms with van der Waals surface area (Å²) in [5.74, 6) is -0.378. The molecule has 114 valence electrons. The fourth-order valence-electron chi connectivity index (χ4n) is 3.74. The van der Waals surface area contributed by atoms with Gasteiger partial charge < -0.3 is 10.1 Å². The molecule has 0 radical (unpaired) electrons. The summed E-state index contributed by atoms with van der Waals surface area (Å²) >= 11 is 5.72. The summed E-state index contributed by atoms with van der Waals surface area (Å²) in [6.07, 6.45) is 5.16. The first-order valence-corrected chi connectivity index (χ1v) is 7.50. The number of esters is 1. The van der Waals surface area contributed by atoms with Gasteiger partial charge in [0.2, 0.25) is 5.28 Å². The zero-order valence-electron chi connectivity index (χ0n) is 11.7. The number of methoxy groups -OCH3 is 1. The average Bonchev–Trinajstić information content (AvgIpc) is 2.51. The van der Waals surface area contributed by atoms with Crippen molar-refractivity contribution >= 4 is 23.4 Å². The number of anilines is 1. The molecule has 1 aromatic rings. The molecule has 0 aliphatic heterocycles. The Bertz CT molecular complexity index is 549. The van der Waals surface area contributed by atoms with E-state index in [-0.39, 0.29) is 29.0 Å². The Morgan fingerprint density at radius 2 is 2.05 bits per heavy atom. The van der Waals surface area contributed by atoms with Crippen molar-refractivity contribution < 1.29 is 13.9 Å². The third kappa shape index (κ3) is 2.69. The number of halogens is 2. The zero-order chi connectivity index (χ0) is 15.0. The van der Waals surface area contributed by atoms with Crippen molar-refractivity contribution in [3.63, 3.8) is 0 Å². The van der Waals surface area contributed by atoms with Crippen LogP contribution < -0.4 is 5.32 Å². The summed E-state index contributed by atoms with van der Waals surface area (Å²) < 4.78 is 18.7. The van der Waals surface area contributed by atoms with Crippen LogP contribution in [0.5, 0.6) is 0 Å². The Morgan fingerprint density at radius 3 is 2.71 bits per heavy atom. The summed E-state index contributed by atoms with van der Waals surface area (Å²) in [6, 6.07) is -0.162. The largest absolute Gasteiger partial charge is 0.469 e. The second-order valence-corrected chi connectivity index (χ2v) is 6.07. The minimum absolute atomic E-state index is 0.0190. The molecule has 0 aromatic carbocycles. The van der Waals surface area contributed by atoms with Crippen LogP contribution in [0.2, 0.25) is 5.28 Å². The van der Waals surface area contributed by atoms with Crippen molar-refractivity contribution in [3.8, 4) is 0 Å². The number of fused-ring (bicyclic) bond motifs is 3. The predicted octanol–water partition coefficient (Wildman–Crippen LogP) is 2.66. The number of nitrogens with one attached hydrogen (secondary N) is 1. The molecular formula is C14H17ClFN3O2. The van der Waals surface area contributed by atoms with Gasteiger partial charge in [0.25, 0.3) is 0 Å². The van der Waals surface area contributed by atoms with E-state index >= 15 is 0 Å². The minimum Gasteiger partial charge on any atom is -0.469 e. The van der Waals surface area contributed by atoms with E-state index in [1.165, 1.54) is 7.11 Å². The van der Waals surface area contributed by atoms with Gasteiger partial charge >= 0.3 is 5.97 Å². The standard InChI is InChI=1S/C14H17ClFN3O2/c1-21-13(20)10-7-2-4-8(5-3-7)11(10)18-12-9(16)6-17-14(15)19-12/h6-8,10-11H,2-5H2,1H3,(H,17,18,19)/t7?,8?,10-,11-/m0/s1. The van der Waals surface area contributed by atoms with Gasteiger partial charge in [-0.1, -0.05) is 0 Å². The maximum Gasteiger partial charge on any atom is 0.311 e. The highest BCUT2D eigenvalue weighted by Gasteiger charge is 2.48. The Balaban J connectivity index is 1.87. The number of hydrogen-bond acceptors (Lipinski definition) is 5. The summed E-state index contributed by atoms with van der Waals surface area (Å²) in [5, 5.41) is 3.06. The van der Waals surface area contributed by atoms with Gasteiger partial charge in [-0.3, -0.25) is 4.79 Å². The van der Waals surface area contributed by atoms with Crippen molar-refractivity contribution in [2.24, 2.45) is 17.8 Å². The molecule has 3 saturated carbocycles. The van der Waals surface area contributed by atoms with Crippen LogP contribution in [-0.2, 0) is 9.53 Å². The summed E-state index contributed by atoms with van der Waals surface area (Å²) in [6.45, 7) is 0. The first-order chi connectivity index (χ1) is 10.1. The number of carbonyl (C=O) groups is 1. The van der Waals surface area contributed by atoms with Crippen LogP contribution in [0, 0.1) is 23.6 Å². The molecule has 3 fully saturated rings. The molecule has 2 bridgehead atoms. The quantitative estimate of drug-likeness (QED) is 0.686. The molecule has 5 nitrogen and oxygen atoms in total. The molecule has 0 saturated heterocycles. The number of aromatic nitrogens is 2. The molecule has 0 unspecified atom stereocenters. The van der Waals surface area contributed by atoms with Crippen molar-refractivity contribution in [1.82, 2.24) is 9.97 Å². The number of carbonyl (C=O) groups excluding carboxylic acids is 1. The number of nitrogens with zero attached hydrogens (tertiary/aromatic N) is 2. The van der Waals surface area contributed by atoms with Crippen LogP contribution in [0.1, 0.15) is 25.7 Å². The Kier molecular flexibility index (Phi) is 3.97. The topological polar surface area (TPSA) is 64.1 Å². The van der Waals surface area contributed by atoms with Crippen molar-refractivity contribution in [2.45, 2.75) is 31.7 Å². The lowest BCUT2D eigenvalue weighted by molar-refractivity contribution is -0.152. The molecule has 3 aliphatic carbocycles. The van der Waals surface area contributed by atoms with Gasteiger partial charge in [0, 0.05) is 6.04 Å². The van der Waals surface area contributed by atoms with Crippen LogP contribution in [0.4, 0.5) is 10.2 Å². The van der Waals surface area contributed by atoms with Crippen LogP contribution in [-0.4, -0.2) is 29.1 Å². The molecule has 1 aromatic heterocycles. The number of rotatable bonds is 3. The molecule has 3 aliphatic rings. The predicted molar refractivity (Wildman–Crippen MR) is 75.4 cm³/mol. The van der Waals surface area contributed by atoms with Gasteiger partial charge in [-0.15, -0.1) is 0 Å². The lowest BCUT2D eigenvalue weighted by atomic mass is 9.61. The average molecular weight is 314 g/mol. The van der Waals surface area contributed by atoms with E-state index in [0.29, 0.717) is 11.8 Å². The molecule has 2 atom stereocenters. The van der Waals surface area contributed by atoms with E-state index in [9.17, 15) is 9.18 Å². The Labute approximate surface area is 127 Å². The maximum absolute atomic E-state index is 13.8. The Hall–Kier alpha value is -1.43. The smallest absolute Gasteiger partial charge is 0.311 e. The van der Waals surface area contributed by atoms with E-state index < -0.39 is 5.82 Å². The maximum atomic E-state index is 13.8. The van der Waals surface area contributed by atoms with Gasteiger partial charge in [-0.2, -0.15) is 4.98 Å². The second kappa shape index (κ2) is 5.75. The SMILES string of the molecule is COC(=O)[C@H]1C2CCC(CC2)[C@@H]1Nc1nc(Cl)ncc1F. The molecule has 1 heterocycles. The van der Waals surface area contributed by atoms with E-state index in [1.807, 2.05) is 0 Å². The highest BCUT2D eigenvalue weighted by Crippen LogP contribution is 2.46. The molecule has 7 heteroatoms. The first kappa shape index (κ1) is 14.5. The zero-order valence-corrected chi connectivity index (χ0v) is 12.4. The monoisotopic (exact) mass is 313 g/mol. The molecule has 0 amide bonds. The number of ether oxygens (including phenoxy) is 1. The van der Waals surface area contributed by atoms with Crippen molar-refractivity contribution in [2.75, 3.05) is 12.4 Å². The fraction of sp³-hybridized carbons (Fsp3) is 0.643. The van der Waals surface area contributed by atoms with Crippen LogP contribution in [0.15, 0.2) is 6.20 Å². The van der Waals surface area contributed by atoms with Crippen LogP contribution >= 0.6 is 11.6 Å². The van der Waals surface area contributed by atoms with E-state index in [0.717, 1.165) is 31.9 Å². The fourth-order valence-corrected chi connectivity index (χ4v) is 3.87. The van der Waals surface area contributed by atoms with Gasteiger partial charge in [-0.05, 0) is 49.1 Å². The molecule has 1 N–H and O–H groups in total. The van der Waals surface area contributed by atoms with Crippen LogP contribution in [0.25, 0.3) is 0 Å². The van der Waals surface area contributed by atoms with E-state index in [4.69, 9.17) is 16.3 Å². The van der Waals surface area contributed by atoms with Crippen molar-refractivity contribution in [3.05, 3.63) is 17.3 Å². The summed E-state index contributed by atoms with van der Waals surface area (Å²) in [5.41, 5.74) is 0. The normalized spacial score (nSPS) is 31.0. The minimum atomic E-state index is -0.565. The van der Waals surface area contributed by atoms with Crippen molar-refractivity contribution in [1.29, 1.82) is 0 Å². The third-order valence-electron chi connectivity index (χ3n) is 4.71. The lowest BCUT2D eigenvalue weighted by Gasteiger charge is -2.47. The number of hydrogen-bond donors (Lipinski definition) is 1. The highest BCUT2D eigenvalue weighted by molar-refractivity contribution is 6.28. The summed E-state index contributed by atoms with van der Waals surface area (Å²) in [7, 11) is 1.39. The van der Waals surface area contributed by atoms with E-state index in [2.05, 4.69) is 15.3 Å². The third-order valence-corrected chi connectivity index (χ3v) is 4.89. The van der Waals surface area contributed by atoms with Gasteiger partial charge in [-0.25, -0.2) is 9.37 Å². The lowest BCUT2D eigenvalue weighted by Crippen LogP contribution is -2.52. The molecule has 21 heavy (non-hydrogen) atoms. The van der Waals surface area contributed by atoms with Gasteiger partial charge in [0.1, 0.15) is 0 Å². The van der Waals surface area contributed by atoms with E-state index in [1.54, 1.807) is 0 Å². The molecular weight excluding hydrogens is 297 g/mol.